The predicted octanol–water partition coefficient (Wildman–Crippen LogP) is 3.19. The van der Waals surface area contributed by atoms with Crippen LogP contribution in [0.1, 0.15) is 39.9 Å². The van der Waals surface area contributed by atoms with Crippen LogP contribution in [-0.2, 0) is 11.2 Å². The van der Waals surface area contributed by atoms with Gasteiger partial charge in [-0.1, -0.05) is 15.9 Å². The van der Waals surface area contributed by atoms with Gasteiger partial charge in [0, 0.05) is 62.0 Å². The van der Waals surface area contributed by atoms with Gasteiger partial charge in [0.25, 0.3) is 5.91 Å². The van der Waals surface area contributed by atoms with E-state index >= 15 is 0 Å². The number of nitrogen functional groups attached to an aromatic ring is 2. The molecule has 0 fully saturated rings. The molecule has 0 bridgehead atoms. The third-order valence-electron chi connectivity index (χ3n) is 6.69. The van der Waals surface area contributed by atoms with Gasteiger partial charge in [0.1, 0.15) is 5.69 Å². The number of carbonyl (C=O) groups excluding carboxylic acids is 2. The number of H-pyrrole nitrogens is 3. The van der Waals surface area contributed by atoms with Crippen LogP contribution in [0.5, 0.6) is 0 Å². The lowest BCUT2D eigenvalue weighted by Crippen LogP contribution is -2.44. The highest BCUT2D eigenvalue weighted by Crippen LogP contribution is 2.42. The summed E-state index contributed by atoms with van der Waals surface area (Å²) in [5.74, 6) is -0.257. The van der Waals surface area contributed by atoms with E-state index in [4.69, 9.17) is 11.5 Å². The van der Waals surface area contributed by atoms with Gasteiger partial charge < -0.3 is 37.1 Å². The van der Waals surface area contributed by atoms with Gasteiger partial charge in [-0.15, -0.1) is 0 Å². The second-order valence-electron chi connectivity index (χ2n) is 9.07. The van der Waals surface area contributed by atoms with E-state index in [1.807, 2.05) is 6.08 Å². The van der Waals surface area contributed by atoms with Crippen molar-refractivity contribution in [3.05, 3.63) is 66.3 Å². The van der Waals surface area contributed by atoms with Crippen LogP contribution < -0.4 is 22.1 Å². The van der Waals surface area contributed by atoms with Crippen molar-refractivity contribution in [3.63, 3.8) is 0 Å². The average molecular weight is 698 g/mol. The van der Waals surface area contributed by atoms with Crippen LogP contribution in [0.15, 0.2) is 43.5 Å². The van der Waals surface area contributed by atoms with Gasteiger partial charge in [-0.2, -0.15) is 0 Å². The minimum Gasteiger partial charge on any atom is -0.369 e. The minimum atomic E-state index is -0.280. The molecule has 3 atom stereocenters. The van der Waals surface area contributed by atoms with E-state index in [0.717, 1.165) is 30.5 Å². The van der Waals surface area contributed by atoms with Crippen LogP contribution in [-0.4, -0.2) is 49.8 Å². The first kappa shape index (κ1) is 25.8. The number of halogens is 3. The number of amides is 2. The lowest BCUT2D eigenvalue weighted by molar-refractivity contribution is -0.117. The zero-order chi connectivity index (χ0) is 26.3. The minimum absolute atomic E-state index is 0.0568. The molecule has 11 nitrogen and oxygen atoms in total. The first-order valence-electron chi connectivity index (χ1n) is 11.5. The lowest BCUT2D eigenvalue weighted by atomic mass is 9.71. The molecular weight excluding hydrogens is 674 g/mol. The molecule has 0 radical (unpaired) electrons. The van der Waals surface area contributed by atoms with E-state index < -0.39 is 0 Å². The van der Waals surface area contributed by atoms with E-state index in [9.17, 15) is 9.59 Å². The van der Waals surface area contributed by atoms with Gasteiger partial charge in [0.2, 0.25) is 5.91 Å². The highest BCUT2D eigenvalue weighted by atomic mass is 79.9. The number of allylic oxidation sites excluding steroid dienone is 3. The standard InChI is InChI=1S/C23H24Br3N9O2/c24-11-4-16(29-6-11)21(37)30-5-10-3-15-19(35-23(28)33-15)18(17-8-32-22(27)34-17)12(10)7-31-20(36)9-1-13(25)14(26)2-9/h1,4,6,8,10,12,18,29H,2-3,5,7H2,(H,30,37)(H,31,36)(H3,27,32,34)(H3,28,33,35)/t10-,12-,18-/m1/s1. The number of carbonyl (C=O) groups is 2. The monoisotopic (exact) mass is 695 g/mol. The third-order valence-corrected chi connectivity index (χ3v) is 9.09. The first-order valence-corrected chi connectivity index (χ1v) is 13.9. The molecule has 2 amide bonds. The number of fused-ring (bicyclic) bond motifs is 1. The maximum absolute atomic E-state index is 13.0. The number of hydrogen-bond acceptors (Lipinski definition) is 6. The molecule has 0 spiro atoms. The van der Waals surface area contributed by atoms with Crippen molar-refractivity contribution >= 4 is 71.5 Å². The molecule has 3 aromatic heterocycles. The topological polar surface area (TPSA) is 183 Å². The van der Waals surface area contributed by atoms with Crippen molar-refractivity contribution in [3.8, 4) is 0 Å². The molecule has 37 heavy (non-hydrogen) atoms. The van der Waals surface area contributed by atoms with E-state index in [-0.39, 0.29) is 35.5 Å². The Morgan fingerprint density at radius 2 is 1.86 bits per heavy atom. The molecule has 0 aromatic carbocycles. The maximum Gasteiger partial charge on any atom is 0.267 e. The summed E-state index contributed by atoms with van der Waals surface area (Å²) in [4.78, 5) is 43.8. The zero-order valence-electron chi connectivity index (χ0n) is 19.4. The highest BCUT2D eigenvalue weighted by Gasteiger charge is 2.41. The van der Waals surface area contributed by atoms with E-state index in [0.29, 0.717) is 43.1 Å². The van der Waals surface area contributed by atoms with Gasteiger partial charge in [-0.3, -0.25) is 9.59 Å². The number of hydrogen-bond donors (Lipinski definition) is 7. The smallest absolute Gasteiger partial charge is 0.267 e. The van der Waals surface area contributed by atoms with Crippen LogP contribution >= 0.6 is 47.8 Å². The Kier molecular flexibility index (Phi) is 7.32. The zero-order valence-corrected chi connectivity index (χ0v) is 24.1. The normalized spacial score (nSPS) is 21.1. The number of nitrogens with two attached hydrogens (primary N) is 2. The Morgan fingerprint density at radius 3 is 2.51 bits per heavy atom. The summed E-state index contributed by atoms with van der Waals surface area (Å²) in [6.45, 7) is 0.714. The van der Waals surface area contributed by atoms with Crippen LogP contribution in [0, 0.1) is 11.8 Å². The lowest BCUT2D eigenvalue weighted by Gasteiger charge is -2.37. The molecule has 2 aliphatic rings. The van der Waals surface area contributed by atoms with Crippen LogP contribution in [0.3, 0.4) is 0 Å². The van der Waals surface area contributed by atoms with Crippen molar-refractivity contribution in [2.45, 2.75) is 18.8 Å². The summed E-state index contributed by atoms with van der Waals surface area (Å²) < 4.78 is 2.57. The number of imidazole rings is 2. The second-order valence-corrected chi connectivity index (χ2v) is 11.8. The number of nitrogens with zero attached hydrogens (tertiary/aromatic N) is 2. The Morgan fingerprint density at radius 1 is 1.08 bits per heavy atom. The summed E-state index contributed by atoms with van der Waals surface area (Å²) in [6, 6.07) is 1.72. The molecule has 0 saturated heterocycles. The quantitative estimate of drug-likeness (QED) is 0.199. The molecule has 14 heteroatoms. The molecule has 194 valence electrons. The fraction of sp³-hybridized carbons (Fsp3) is 0.304. The number of nitrogens with one attached hydrogen (secondary N) is 5. The number of aromatic amines is 3. The SMILES string of the molecule is Nc1ncc([C@@H]2c3nc(N)[nH]c3C[C@H](CNC(=O)c3cc(Br)c[nH]3)[C@H]2CNC(=O)C2=CC(Br)=C(Br)C2)[nH]1. The van der Waals surface area contributed by atoms with E-state index in [1.165, 1.54) is 0 Å². The molecular formula is C23H24Br3N9O2. The van der Waals surface area contributed by atoms with Crippen molar-refractivity contribution in [2.75, 3.05) is 24.6 Å². The fourth-order valence-electron chi connectivity index (χ4n) is 4.96. The van der Waals surface area contributed by atoms with Crippen LogP contribution in [0.4, 0.5) is 11.9 Å². The molecule has 2 aliphatic carbocycles. The molecule has 0 saturated carbocycles. The van der Waals surface area contributed by atoms with Gasteiger partial charge in [0.15, 0.2) is 11.9 Å². The van der Waals surface area contributed by atoms with Gasteiger partial charge in [-0.05, 0) is 62.3 Å². The molecule has 5 rings (SSSR count). The second kappa shape index (κ2) is 10.5. The summed E-state index contributed by atoms with van der Waals surface area (Å²) in [5, 5.41) is 6.13. The summed E-state index contributed by atoms with van der Waals surface area (Å²) in [6.07, 6.45) is 6.30. The molecule has 3 heterocycles. The maximum atomic E-state index is 13.0. The van der Waals surface area contributed by atoms with Crippen molar-refractivity contribution < 1.29 is 9.59 Å². The summed E-state index contributed by atoms with van der Waals surface area (Å²) in [5.41, 5.74) is 15.5. The molecule has 0 unspecified atom stereocenters. The molecule has 0 aliphatic heterocycles. The Balaban J connectivity index is 1.42. The van der Waals surface area contributed by atoms with E-state index in [2.05, 4.69) is 83.3 Å². The van der Waals surface area contributed by atoms with Crippen molar-refractivity contribution in [2.24, 2.45) is 11.8 Å². The predicted molar refractivity (Wildman–Crippen MR) is 150 cm³/mol. The van der Waals surface area contributed by atoms with Crippen LogP contribution in [0.2, 0.25) is 0 Å². The Labute approximate surface area is 237 Å². The average Bonchev–Trinajstić information content (AvgIpc) is 3.63. The largest absolute Gasteiger partial charge is 0.369 e. The van der Waals surface area contributed by atoms with Crippen molar-refractivity contribution in [1.82, 2.24) is 35.6 Å². The van der Waals surface area contributed by atoms with E-state index in [1.54, 1.807) is 18.5 Å². The Bertz CT molecular complexity index is 1420. The van der Waals surface area contributed by atoms with Crippen molar-refractivity contribution in [1.29, 1.82) is 0 Å². The highest BCUT2D eigenvalue weighted by molar-refractivity contribution is 9.14. The number of rotatable bonds is 7. The van der Waals surface area contributed by atoms with Gasteiger partial charge >= 0.3 is 0 Å². The Hall–Kier alpha value is -2.84. The fourth-order valence-corrected chi connectivity index (χ4v) is 6.14. The first-order chi connectivity index (χ1) is 17.7. The third kappa shape index (κ3) is 5.41. The van der Waals surface area contributed by atoms with Gasteiger partial charge in [-0.25, -0.2) is 9.97 Å². The molecule has 9 N–H and O–H groups in total. The number of aromatic nitrogens is 5. The summed E-state index contributed by atoms with van der Waals surface area (Å²) in [7, 11) is 0. The number of anilines is 2. The molecule has 3 aromatic rings. The van der Waals surface area contributed by atoms with Gasteiger partial charge in [0.05, 0.1) is 11.9 Å². The summed E-state index contributed by atoms with van der Waals surface area (Å²) >= 11 is 10.3. The van der Waals surface area contributed by atoms with Crippen LogP contribution in [0.25, 0.3) is 0 Å².